The lowest BCUT2D eigenvalue weighted by Gasteiger charge is -2.39. The average Bonchev–Trinajstić information content (AvgIpc) is 3.01. The van der Waals surface area contributed by atoms with Crippen LogP contribution in [0.4, 0.5) is 9.18 Å². The number of likely N-dealkylation sites (tertiary alicyclic amines) is 2. The Morgan fingerprint density at radius 2 is 1.41 bits per heavy atom. The summed E-state index contributed by atoms with van der Waals surface area (Å²) in [6.07, 6.45) is 7.32. The minimum Gasteiger partial charge on any atom is -0.491 e. The smallest absolute Gasteiger partial charge is 0.414 e. The van der Waals surface area contributed by atoms with E-state index >= 15 is 0 Å². The highest BCUT2D eigenvalue weighted by Gasteiger charge is 2.28. The SMILES string of the molecule is CC(C)Oc1ccc(CNC(=O)N(Cc2ccc(F)cc2)C2CCN(CCCN3CCCCC3)CC2)cc1.O=C(O)C(=O)O. The molecule has 44 heavy (non-hydrogen) atoms. The van der Waals surface area contributed by atoms with E-state index in [0.717, 1.165) is 49.4 Å². The van der Waals surface area contributed by atoms with Crippen molar-refractivity contribution in [1.29, 1.82) is 0 Å². The minimum absolute atomic E-state index is 0.0691. The number of carboxylic acids is 2. The summed E-state index contributed by atoms with van der Waals surface area (Å²) >= 11 is 0. The molecule has 0 spiro atoms. The van der Waals surface area contributed by atoms with E-state index in [0.29, 0.717) is 13.1 Å². The maximum absolute atomic E-state index is 13.5. The maximum atomic E-state index is 13.5. The topological polar surface area (TPSA) is 123 Å². The van der Waals surface area contributed by atoms with Gasteiger partial charge < -0.3 is 35.0 Å². The van der Waals surface area contributed by atoms with Gasteiger partial charge >= 0.3 is 18.0 Å². The zero-order chi connectivity index (χ0) is 31.9. The quantitative estimate of drug-likeness (QED) is 0.308. The molecule has 2 amide bonds. The van der Waals surface area contributed by atoms with Crippen LogP contribution in [0, 0.1) is 5.82 Å². The second-order valence-electron chi connectivity index (χ2n) is 11.7. The molecule has 2 aliphatic rings. The molecular formula is C33H47FN4O6. The van der Waals surface area contributed by atoms with Crippen LogP contribution in [0.5, 0.6) is 5.75 Å². The zero-order valence-corrected chi connectivity index (χ0v) is 25.9. The van der Waals surface area contributed by atoms with Gasteiger partial charge in [-0.15, -0.1) is 0 Å². The first-order valence-corrected chi connectivity index (χ1v) is 15.6. The van der Waals surface area contributed by atoms with Crippen molar-refractivity contribution in [2.45, 2.75) is 77.6 Å². The monoisotopic (exact) mass is 614 g/mol. The fourth-order valence-electron chi connectivity index (χ4n) is 5.55. The lowest BCUT2D eigenvalue weighted by molar-refractivity contribution is -0.159. The third-order valence-electron chi connectivity index (χ3n) is 7.84. The van der Waals surface area contributed by atoms with Gasteiger partial charge in [-0.05, 0) is 108 Å². The fraction of sp³-hybridized carbons (Fsp3) is 0.545. The molecule has 0 atom stereocenters. The van der Waals surface area contributed by atoms with Crippen LogP contribution in [0.1, 0.15) is 63.5 Å². The third kappa shape index (κ3) is 12.5. The molecule has 2 fully saturated rings. The standard InChI is InChI=1S/C31H45FN4O2.C2H2O4/c1-25(2)38-30-13-9-26(10-14-30)23-33-31(37)36(24-27-7-11-28(32)12-8-27)29-15-21-35(22-16-29)20-6-19-34-17-4-3-5-18-34;3-1(4)2(5)6/h7-14,25,29H,3-6,15-24H2,1-2H3,(H,33,37);(H,3,4)(H,5,6). The van der Waals surface area contributed by atoms with Crippen molar-refractivity contribution in [2.75, 3.05) is 39.3 Å². The number of aliphatic carboxylic acids is 2. The molecular weight excluding hydrogens is 567 g/mol. The van der Waals surface area contributed by atoms with E-state index in [4.69, 9.17) is 24.5 Å². The van der Waals surface area contributed by atoms with Crippen LogP contribution in [0.3, 0.4) is 0 Å². The van der Waals surface area contributed by atoms with Crippen molar-refractivity contribution in [3.05, 3.63) is 65.5 Å². The van der Waals surface area contributed by atoms with E-state index in [9.17, 15) is 9.18 Å². The first-order valence-electron chi connectivity index (χ1n) is 15.6. The molecule has 0 aliphatic carbocycles. The van der Waals surface area contributed by atoms with E-state index < -0.39 is 11.9 Å². The Hall–Kier alpha value is -3.70. The van der Waals surface area contributed by atoms with Gasteiger partial charge in [-0.3, -0.25) is 0 Å². The van der Waals surface area contributed by atoms with Crippen molar-refractivity contribution in [1.82, 2.24) is 20.0 Å². The molecule has 2 heterocycles. The number of piperidine rings is 2. The molecule has 2 aromatic rings. The molecule has 2 aromatic carbocycles. The van der Waals surface area contributed by atoms with Crippen LogP contribution in [0.15, 0.2) is 48.5 Å². The summed E-state index contributed by atoms with van der Waals surface area (Å²) in [4.78, 5) is 38.7. The zero-order valence-electron chi connectivity index (χ0n) is 25.9. The molecule has 0 bridgehead atoms. The highest BCUT2D eigenvalue weighted by Crippen LogP contribution is 2.21. The van der Waals surface area contributed by atoms with Crippen LogP contribution in [-0.2, 0) is 22.7 Å². The van der Waals surface area contributed by atoms with Crippen molar-refractivity contribution in [3.63, 3.8) is 0 Å². The summed E-state index contributed by atoms with van der Waals surface area (Å²) in [5, 5.41) is 17.9. The first-order chi connectivity index (χ1) is 21.1. The summed E-state index contributed by atoms with van der Waals surface area (Å²) in [6.45, 7) is 11.8. The Kier molecular flexibility index (Phi) is 14.4. The number of hydrogen-bond acceptors (Lipinski definition) is 6. The molecule has 10 nitrogen and oxygen atoms in total. The lowest BCUT2D eigenvalue weighted by Crippen LogP contribution is -2.50. The molecule has 0 radical (unpaired) electrons. The Morgan fingerprint density at radius 1 is 0.864 bits per heavy atom. The Morgan fingerprint density at radius 3 is 1.95 bits per heavy atom. The van der Waals surface area contributed by atoms with Gasteiger partial charge in [-0.1, -0.05) is 30.7 Å². The fourth-order valence-corrected chi connectivity index (χ4v) is 5.55. The van der Waals surface area contributed by atoms with Gasteiger partial charge in [0.2, 0.25) is 0 Å². The number of hydrogen-bond donors (Lipinski definition) is 3. The normalized spacial score (nSPS) is 16.1. The second-order valence-corrected chi connectivity index (χ2v) is 11.7. The predicted molar refractivity (Wildman–Crippen MR) is 166 cm³/mol. The molecule has 242 valence electrons. The number of benzene rings is 2. The summed E-state index contributed by atoms with van der Waals surface area (Å²) in [5.41, 5.74) is 1.97. The molecule has 0 saturated carbocycles. The van der Waals surface area contributed by atoms with E-state index in [1.54, 1.807) is 12.1 Å². The maximum Gasteiger partial charge on any atom is 0.414 e. The molecule has 4 rings (SSSR count). The third-order valence-corrected chi connectivity index (χ3v) is 7.84. The number of carbonyl (C=O) groups is 3. The molecule has 2 aliphatic heterocycles. The molecule has 0 unspecified atom stereocenters. The van der Waals surface area contributed by atoms with Crippen LogP contribution < -0.4 is 10.1 Å². The van der Waals surface area contributed by atoms with E-state index in [1.807, 2.05) is 43.0 Å². The molecule has 3 N–H and O–H groups in total. The number of carbonyl (C=O) groups excluding carboxylic acids is 1. The molecule has 0 aromatic heterocycles. The number of nitrogens with one attached hydrogen (secondary N) is 1. The van der Waals surface area contributed by atoms with E-state index in [2.05, 4.69) is 15.1 Å². The van der Waals surface area contributed by atoms with E-state index in [1.165, 1.54) is 57.5 Å². The van der Waals surface area contributed by atoms with Crippen LogP contribution in [0.2, 0.25) is 0 Å². The highest BCUT2D eigenvalue weighted by atomic mass is 19.1. The number of carboxylic acid groups (broad SMARTS) is 2. The van der Waals surface area contributed by atoms with Crippen molar-refractivity contribution in [3.8, 4) is 5.75 Å². The highest BCUT2D eigenvalue weighted by molar-refractivity contribution is 6.27. The lowest BCUT2D eigenvalue weighted by atomic mass is 10.0. The van der Waals surface area contributed by atoms with Gasteiger partial charge in [0.25, 0.3) is 0 Å². The Balaban J connectivity index is 0.000000801. The summed E-state index contributed by atoms with van der Waals surface area (Å²) in [7, 11) is 0. The van der Waals surface area contributed by atoms with Gasteiger partial charge in [0.1, 0.15) is 11.6 Å². The Labute approximate surface area is 259 Å². The Bertz CT molecular complexity index is 1150. The van der Waals surface area contributed by atoms with Crippen LogP contribution in [0.25, 0.3) is 0 Å². The summed E-state index contributed by atoms with van der Waals surface area (Å²) < 4.78 is 19.2. The van der Waals surface area contributed by atoms with Crippen molar-refractivity contribution in [2.24, 2.45) is 0 Å². The van der Waals surface area contributed by atoms with Gasteiger partial charge in [0.15, 0.2) is 0 Å². The summed E-state index contributed by atoms with van der Waals surface area (Å²) in [6, 6.07) is 14.5. The number of halogens is 1. The summed E-state index contributed by atoms with van der Waals surface area (Å²) in [5.74, 6) is -3.08. The second kappa shape index (κ2) is 18.2. The van der Waals surface area contributed by atoms with E-state index in [-0.39, 0.29) is 24.0 Å². The van der Waals surface area contributed by atoms with Gasteiger partial charge in [0, 0.05) is 32.2 Å². The van der Waals surface area contributed by atoms with Gasteiger partial charge in [0.05, 0.1) is 6.10 Å². The molecule has 11 heteroatoms. The minimum atomic E-state index is -1.82. The van der Waals surface area contributed by atoms with Crippen molar-refractivity contribution >= 4 is 18.0 Å². The molecule has 2 saturated heterocycles. The van der Waals surface area contributed by atoms with Crippen LogP contribution >= 0.6 is 0 Å². The average molecular weight is 615 g/mol. The van der Waals surface area contributed by atoms with Gasteiger partial charge in [-0.25, -0.2) is 18.8 Å². The largest absolute Gasteiger partial charge is 0.491 e. The van der Waals surface area contributed by atoms with Crippen molar-refractivity contribution < 1.29 is 33.7 Å². The number of urea groups is 1. The van der Waals surface area contributed by atoms with Gasteiger partial charge in [-0.2, -0.15) is 0 Å². The number of ether oxygens (including phenoxy) is 1. The first kappa shape index (κ1) is 34.8. The number of rotatable bonds is 11. The number of nitrogens with zero attached hydrogens (tertiary/aromatic N) is 3. The predicted octanol–water partition coefficient (Wildman–Crippen LogP) is 4.82. The number of amides is 2. The van der Waals surface area contributed by atoms with Crippen LogP contribution in [-0.4, -0.2) is 94.3 Å².